The van der Waals surface area contributed by atoms with E-state index in [2.05, 4.69) is 26.8 Å². The number of amides is 1. The van der Waals surface area contributed by atoms with E-state index >= 15 is 0 Å². The Morgan fingerprint density at radius 3 is 2.80 bits per heavy atom. The number of halogens is 2. The second-order valence-electron chi connectivity index (χ2n) is 7.06. The number of nitrogens with zero attached hydrogens (tertiary/aromatic N) is 6. The van der Waals surface area contributed by atoms with Crippen LogP contribution in [-0.2, 0) is 4.79 Å². The fraction of sp³-hybridized carbons (Fsp3) is 0.316. The van der Waals surface area contributed by atoms with Gasteiger partial charge in [-0.15, -0.1) is 0 Å². The highest BCUT2D eigenvalue weighted by Crippen LogP contribution is 2.35. The second kappa shape index (κ2) is 8.08. The summed E-state index contributed by atoms with van der Waals surface area (Å²) in [6.07, 6.45) is 6.55. The molecular weight excluding hydrogens is 427 g/mol. The lowest BCUT2D eigenvalue weighted by molar-refractivity contribution is -0.125. The molecule has 1 aliphatic rings. The number of nitrogens with two attached hydrogens (primary N) is 1. The van der Waals surface area contributed by atoms with Gasteiger partial charge in [0.1, 0.15) is 17.5 Å². The second-order valence-corrected chi connectivity index (χ2v) is 7.88. The van der Waals surface area contributed by atoms with Crippen molar-refractivity contribution in [1.29, 1.82) is 0 Å². The summed E-state index contributed by atoms with van der Waals surface area (Å²) in [5.74, 6) is 0.731. The lowest BCUT2D eigenvalue weighted by Gasteiger charge is -2.17. The molecule has 3 N–H and O–H groups in total. The molecule has 0 aliphatic carbocycles. The summed E-state index contributed by atoms with van der Waals surface area (Å²) in [6.45, 7) is 6.61. The van der Waals surface area contributed by atoms with Gasteiger partial charge in [-0.1, -0.05) is 29.8 Å². The molecule has 0 bridgehead atoms. The molecule has 4 heterocycles. The van der Waals surface area contributed by atoms with E-state index in [4.69, 9.17) is 34.0 Å². The van der Waals surface area contributed by atoms with Crippen LogP contribution in [0.2, 0.25) is 10.0 Å². The maximum absolute atomic E-state index is 12.0. The van der Waals surface area contributed by atoms with Gasteiger partial charge in [-0.3, -0.25) is 9.78 Å². The van der Waals surface area contributed by atoms with Crippen LogP contribution in [0.3, 0.4) is 0 Å². The molecule has 156 valence electrons. The average Bonchev–Trinajstić information content (AvgIpc) is 3.33. The van der Waals surface area contributed by atoms with Gasteiger partial charge < -0.3 is 16.0 Å². The maximum atomic E-state index is 12.0. The molecular formula is C19H20Cl2N8O. The number of hydrogen-bond donors (Lipinski definition) is 2. The van der Waals surface area contributed by atoms with Gasteiger partial charge in [0.05, 0.1) is 22.1 Å². The van der Waals surface area contributed by atoms with E-state index in [1.54, 1.807) is 22.0 Å². The van der Waals surface area contributed by atoms with Crippen molar-refractivity contribution in [2.45, 2.75) is 25.4 Å². The van der Waals surface area contributed by atoms with Crippen molar-refractivity contribution >= 4 is 51.8 Å². The van der Waals surface area contributed by atoms with E-state index in [0.29, 0.717) is 51.4 Å². The van der Waals surface area contributed by atoms with Gasteiger partial charge in [0.25, 0.3) is 0 Å². The Morgan fingerprint density at radius 2 is 2.10 bits per heavy atom. The van der Waals surface area contributed by atoms with Crippen LogP contribution in [-0.4, -0.2) is 48.6 Å². The molecule has 1 unspecified atom stereocenters. The van der Waals surface area contributed by atoms with Crippen molar-refractivity contribution in [3.05, 3.63) is 47.0 Å². The van der Waals surface area contributed by atoms with Crippen molar-refractivity contribution in [2.24, 2.45) is 0 Å². The summed E-state index contributed by atoms with van der Waals surface area (Å²) in [4.78, 5) is 26.2. The molecule has 3 aromatic rings. The van der Waals surface area contributed by atoms with Gasteiger partial charge in [0.2, 0.25) is 5.91 Å². The summed E-state index contributed by atoms with van der Waals surface area (Å²) in [6, 6.07) is -0.314. The standard InChI is InChI=1S/C19H20Cl2N8O/c1-3-14(30)28-5-4-11(8-28)29-19-16(17(22)24-9-25-19)18(27-29)26-10(2)15-12(20)6-23-7-13(15)21/h3,6-7,9-11H,1,4-5,8H2,2H3,(H,26,27)(H2,22,24,25)/t10?,11-/m0/s1. The first-order chi connectivity index (χ1) is 14.4. The van der Waals surface area contributed by atoms with Crippen LogP contribution in [0.25, 0.3) is 11.0 Å². The van der Waals surface area contributed by atoms with Crippen molar-refractivity contribution in [1.82, 2.24) is 29.6 Å². The van der Waals surface area contributed by atoms with E-state index in [0.717, 1.165) is 6.42 Å². The number of likely N-dealkylation sites (tertiary alicyclic amines) is 1. The highest BCUT2D eigenvalue weighted by atomic mass is 35.5. The van der Waals surface area contributed by atoms with Crippen LogP contribution in [0.5, 0.6) is 0 Å². The Bertz CT molecular complexity index is 1110. The minimum absolute atomic E-state index is 0.0374. The fourth-order valence-electron chi connectivity index (χ4n) is 3.73. The predicted octanol–water partition coefficient (Wildman–Crippen LogP) is 3.24. The zero-order chi connectivity index (χ0) is 21.4. The third kappa shape index (κ3) is 3.54. The maximum Gasteiger partial charge on any atom is 0.246 e. The summed E-state index contributed by atoms with van der Waals surface area (Å²) < 4.78 is 1.80. The molecule has 1 aliphatic heterocycles. The largest absolute Gasteiger partial charge is 0.383 e. The van der Waals surface area contributed by atoms with Gasteiger partial charge >= 0.3 is 0 Å². The SMILES string of the molecule is C=CC(=O)N1CC[C@H](n2nc(NC(C)c3c(Cl)cncc3Cl)c3c(N)ncnc32)C1. The van der Waals surface area contributed by atoms with Gasteiger partial charge in [-0.25, -0.2) is 14.6 Å². The number of hydrogen-bond acceptors (Lipinski definition) is 7. The number of aromatic nitrogens is 5. The quantitative estimate of drug-likeness (QED) is 0.577. The van der Waals surface area contributed by atoms with Gasteiger partial charge in [0.15, 0.2) is 11.5 Å². The monoisotopic (exact) mass is 446 g/mol. The lowest BCUT2D eigenvalue weighted by atomic mass is 10.1. The Kier molecular flexibility index (Phi) is 5.48. The van der Waals surface area contributed by atoms with Crippen molar-refractivity contribution in [3.63, 3.8) is 0 Å². The Morgan fingerprint density at radius 1 is 1.37 bits per heavy atom. The number of anilines is 2. The topological polar surface area (TPSA) is 115 Å². The molecule has 2 atom stereocenters. The number of carbonyl (C=O) groups is 1. The molecule has 0 radical (unpaired) electrons. The minimum atomic E-state index is -0.276. The van der Waals surface area contributed by atoms with Crippen LogP contribution in [0.1, 0.15) is 31.0 Å². The average molecular weight is 447 g/mol. The Labute approximate surface area is 182 Å². The van der Waals surface area contributed by atoms with Gasteiger partial charge in [-0.05, 0) is 19.4 Å². The molecule has 3 aromatic heterocycles. The molecule has 0 spiro atoms. The summed E-state index contributed by atoms with van der Waals surface area (Å²) in [5, 5.41) is 9.57. The Hall–Kier alpha value is -2.91. The fourth-order valence-corrected chi connectivity index (χ4v) is 4.43. The first-order valence-electron chi connectivity index (χ1n) is 9.36. The summed E-state index contributed by atoms with van der Waals surface area (Å²) in [5.41, 5.74) is 7.46. The van der Waals surface area contributed by atoms with Crippen LogP contribution < -0.4 is 11.1 Å². The number of pyridine rings is 1. The zero-order valence-electron chi connectivity index (χ0n) is 16.2. The van der Waals surface area contributed by atoms with Crippen molar-refractivity contribution in [2.75, 3.05) is 24.1 Å². The molecule has 1 fully saturated rings. The first-order valence-corrected chi connectivity index (χ1v) is 10.1. The molecule has 1 saturated heterocycles. The molecule has 1 amide bonds. The predicted molar refractivity (Wildman–Crippen MR) is 116 cm³/mol. The number of nitrogen functional groups attached to an aromatic ring is 1. The summed E-state index contributed by atoms with van der Waals surface area (Å²) in [7, 11) is 0. The molecule has 11 heteroatoms. The van der Waals surface area contributed by atoms with E-state index < -0.39 is 0 Å². The first kappa shape index (κ1) is 20.4. The van der Waals surface area contributed by atoms with Crippen molar-refractivity contribution in [3.8, 4) is 0 Å². The van der Waals surface area contributed by atoms with E-state index in [1.807, 2.05) is 6.92 Å². The van der Waals surface area contributed by atoms with Gasteiger partial charge in [0, 0.05) is 31.0 Å². The molecule has 30 heavy (non-hydrogen) atoms. The lowest BCUT2D eigenvalue weighted by Crippen LogP contribution is -2.27. The smallest absolute Gasteiger partial charge is 0.246 e. The highest BCUT2D eigenvalue weighted by molar-refractivity contribution is 6.35. The normalized spacial score (nSPS) is 17.3. The van der Waals surface area contributed by atoms with E-state index in [1.165, 1.54) is 12.4 Å². The molecule has 0 saturated carbocycles. The zero-order valence-corrected chi connectivity index (χ0v) is 17.7. The molecule has 4 rings (SSSR count). The summed E-state index contributed by atoms with van der Waals surface area (Å²) >= 11 is 12.6. The minimum Gasteiger partial charge on any atom is -0.383 e. The number of carbonyl (C=O) groups excluding carboxylic acids is 1. The van der Waals surface area contributed by atoms with E-state index in [-0.39, 0.29) is 18.0 Å². The third-order valence-electron chi connectivity index (χ3n) is 5.19. The number of nitrogens with one attached hydrogen (secondary N) is 1. The van der Waals surface area contributed by atoms with Gasteiger partial charge in [-0.2, -0.15) is 5.10 Å². The molecule has 0 aromatic carbocycles. The third-order valence-corrected chi connectivity index (χ3v) is 5.79. The van der Waals surface area contributed by atoms with E-state index in [9.17, 15) is 4.79 Å². The van der Waals surface area contributed by atoms with Crippen LogP contribution in [0.15, 0.2) is 31.4 Å². The Balaban J connectivity index is 1.71. The highest BCUT2D eigenvalue weighted by Gasteiger charge is 2.30. The molecule has 9 nitrogen and oxygen atoms in total. The number of rotatable bonds is 5. The van der Waals surface area contributed by atoms with Crippen LogP contribution in [0, 0.1) is 0 Å². The van der Waals surface area contributed by atoms with Crippen molar-refractivity contribution < 1.29 is 4.79 Å². The van der Waals surface area contributed by atoms with Crippen LogP contribution in [0.4, 0.5) is 11.6 Å². The van der Waals surface area contributed by atoms with Crippen LogP contribution >= 0.6 is 23.2 Å². The number of fused-ring (bicyclic) bond motifs is 1.